The van der Waals surface area contributed by atoms with E-state index in [1.54, 1.807) is 0 Å². The van der Waals surface area contributed by atoms with Gasteiger partial charge in [0.25, 0.3) is 0 Å². The maximum atomic E-state index is 4.54. The molecule has 0 N–H and O–H groups in total. The molecule has 2 heteroatoms. The molecule has 0 aliphatic carbocycles. The molecule has 0 amide bonds. The van der Waals surface area contributed by atoms with E-state index in [4.69, 9.17) is 0 Å². The lowest BCUT2D eigenvalue weighted by atomic mass is 10.0. The molecule has 3 heterocycles. The van der Waals surface area contributed by atoms with E-state index < -0.39 is 0 Å². The summed E-state index contributed by atoms with van der Waals surface area (Å²) in [5, 5.41) is 5.18. The van der Waals surface area contributed by atoms with Gasteiger partial charge in [0.15, 0.2) is 0 Å². The molecule has 0 saturated heterocycles. The number of fused-ring (bicyclic) bond motifs is 6. The Kier molecular flexibility index (Phi) is 3.30. The Hall–Kier alpha value is -4.17. The second-order valence-electron chi connectivity index (χ2n) is 8.08. The van der Waals surface area contributed by atoms with Crippen LogP contribution in [-0.4, -0.2) is 9.38 Å². The average molecular weight is 394 g/mol. The van der Waals surface area contributed by atoms with E-state index in [1.807, 2.05) is 18.3 Å². The standard InChI is InChI=1S/C29H18N2/c1-2-7-19(8-3-1)20-12-14-27-24(17-20)22-9-6-10-23-25-18-21(26-11-4-5-16-30-26)13-15-28(25)31(27)29(22)23/h1-18H. The maximum Gasteiger partial charge on any atom is 0.0702 e. The first-order valence-corrected chi connectivity index (χ1v) is 10.6. The third-order valence-corrected chi connectivity index (χ3v) is 6.38. The number of rotatable bonds is 2. The molecule has 31 heavy (non-hydrogen) atoms. The lowest BCUT2D eigenvalue weighted by Crippen LogP contribution is -1.84. The molecule has 0 unspecified atom stereocenters. The first kappa shape index (κ1) is 16.6. The van der Waals surface area contributed by atoms with E-state index >= 15 is 0 Å². The van der Waals surface area contributed by atoms with E-state index in [2.05, 4.69) is 100 Å². The summed E-state index contributed by atoms with van der Waals surface area (Å²) in [6, 6.07) is 36.9. The molecule has 0 aliphatic heterocycles. The van der Waals surface area contributed by atoms with Gasteiger partial charge in [-0.1, -0.05) is 66.7 Å². The zero-order valence-corrected chi connectivity index (χ0v) is 16.8. The van der Waals surface area contributed by atoms with Crippen LogP contribution in [0, 0.1) is 0 Å². The van der Waals surface area contributed by atoms with Crippen molar-refractivity contribution in [1.82, 2.24) is 9.38 Å². The van der Waals surface area contributed by atoms with Gasteiger partial charge in [-0.2, -0.15) is 0 Å². The predicted octanol–water partition coefficient (Wildman–Crippen LogP) is 7.57. The van der Waals surface area contributed by atoms with Crippen LogP contribution >= 0.6 is 0 Å². The monoisotopic (exact) mass is 394 g/mol. The third-order valence-electron chi connectivity index (χ3n) is 6.38. The van der Waals surface area contributed by atoms with Gasteiger partial charge in [-0.3, -0.25) is 4.98 Å². The SMILES string of the molecule is c1ccc(-c2ccc3c(c2)c2cccc4c5cc(-c6ccccn6)ccc5n3c24)cc1. The zero-order chi connectivity index (χ0) is 20.4. The van der Waals surface area contributed by atoms with E-state index in [1.165, 1.54) is 49.2 Å². The Morgan fingerprint density at radius 1 is 0.484 bits per heavy atom. The Bertz CT molecular complexity index is 1590. The minimum atomic E-state index is 1.01. The Morgan fingerprint density at radius 3 is 1.87 bits per heavy atom. The summed E-state index contributed by atoms with van der Waals surface area (Å²) in [6.07, 6.45) is 1.85. The van der Waals surface area contributed by atoms with Crippen molar-refractivity contribution in [2.24, 2.45) is 0 Å². The van der Waals surface area contributed by atoms with E-state index in [0.29, 0.717) is 0 Å². The number of hydrogen-bond donors (Lipinski definition) is 0. The fourth-order valence-electron chi connectivity index (χ4n) is 4.99. The summed E-state index contributed by atoms with van der Waals surface area (Å²) in [4.78, 5) is 4.54. The maximum absolute atomic E-state index is 4.54. The van der Waals surface area contributed by atoms with Gasteiger partial charge in [-0.15, -0.1) is 0 Å². The van der Waals surface area contributed by atoms with Crippen LogP contribution in [0.15, 0.2) is 109 Å². The smallest absolute Gasteiger partial charge is 0.0702 e. The van der Waals surface area contributed by atoms with E-state index in [0.717, 1.165) is 11.3 Å². The molecular formula is C29H18N2. The van der Waals surface area contributed by atoms with Crippen LogP contribution in [0.5, 0.6) is 0 Å². The lowest BCUT2D eigenvalue weighted by Gasteiger charge is -2.04. The number of nitrogens with zero attached hydrogens (tertiary/aromatic N) is 2. The average Bonchev–Trinajstić information content (AvgIpc) is 3.36. The van der Waals surface area contributed by atoms with Crippen LogP contribution in [0.2, 0.25) is 0 Å². The fourth-order valence-corrected chi connectivity index (χ4v) is 4.99. The summed E-state index contributed by atoms with van der Waals surface area (Å²) < 4.78 is 2.42. The Labute approximate surface area is 179 Å². The zero-order valence-electron chi connectivity index (χ0n) is 16.8. The lowest BCUT2D eigenvalue weighted by molar-refractivity contribution is 1.33. The van der Waals surface area contributed by atoms with E-state index in [9.17, 15) is 0 Å². The number of aromatic nitrogens is 2. The molecule has 3 aromatic heterocycles. The molecule has 0 bridgehead atoms. The first-order valence-electron chi connectivity index (χ1n) is 10.6. The highest BCUT2D eigenvalue weighted by Crippen LogP contribution is 2.41. The van der Waals surface area contributed by atoms with Gasteiger partial charge >= 0.3 is 0 Å². The first-order chi connectivity index (χ1) is 15.4. The van der Waals surface area contributed by atoms with Crippen molar-refractivity contribution in [2.75, 3.05) is 0 Å². The Morgan fingerprint density at radius 2 is 1.16 bits per heavy atom. The van der Waals surface area contributed by atoms with Crippen LogP contribution in [0.3, 0.4) is 0 Å². The predicted molar refractivity (Wildman–Crippen MR) is 130 cm³/mol. The van der Waals surface area contributed by atoms with Crippen molar-refractivity contribution >= 4 is 38.1 Å². The molecule has 7 aromatic rings. The van der Waals surface area contributed by atoms with Gasteiger partial charge in [0.2, 0.25) is 0 Å². The van der Waals surface area contributed by atoms with Crippen molar-refractivity contribution in [3.63, 3.8) is 0 Å². The minimum absolute atomic E-state index is 1.01. The van der Waals surface area contributed by atoms with Crippen LogP contribution in [0.4, 0.5) is 0 Å². The van der Waals surface area contributed by atoms with E-state index in [-0.39, 0.29) is 0 Å². The molecule has 7 rings (SSSR count). The fraction of sp³-hybridized carbons (Fsp3) is 0. The van der Waals surface area contributed by atoms with Crippen LogP contribution in [-0.2, 0) is 0 Å². The summed E-state index contributed by atoms with van der Waals surface area (Å²) in [5.74, 6) is 0. The molecule has 0 atom stereocenters. The molecule has 0 fully saturated rings. The highest BCUT2D eigenvalue weighted by Gasteiger charge is 2.18. The van der Waals surface area contributed by atoms with Gasteiger partial charge in [-0.25, -0.2) is 0 Å². The third kappa shape index (κ3) is 2.30. The van der Waals surface area contributed by atoms with Crippen molar-refractivity contribution in [3.8, 4) is 22.4 Å². The summed E-state index contributed by atoms with van der Waals surface area (Å²) >= 11 is 0. The van der Waals surface area contributed by atoms with Gasteiger partial charge < -0.3 is 4.40 Å². The van der Waals surface area contributed by atoms with Crippen molar-refractivity contribution < 1.29 is 0 Å². The van der Waals surface area contributed by atoms with Gasteiger partial charge in [0.05, 0.1) is 22.2 Å². The minimum Gasteiger partial charge on any atom is -0.308 e. The molecule has 144 valence electrons. The second kappa shape index (κ2) is 6.16. The molecule has 4 aromatic carbocycles. The van der Waals surface area contributed by atoms with Crippen molar-refractivity contribution in [2.45, 2.75) is 0 Å². The molecule has 0 radical (unpaired) electrons. The highest BCUT2D eigenvalue weighted by molar-refractivity contribution is 6.23. The van der Waals surface area contributed by atoms with Crippen molar-refractivity contribution in [1.29, 1.82) is 0 Å². The molecule has 0 aliphatic rings. The summed E-state index contributed by atoms with van der Waals surface area (Å²) in [7, 11) is 0. The van der Waals surface area contributed by atoms with Gasteiger partial charge in [0, 0.05) is 33.3 Å². The summed E-state index contributed by atoms with van der Waals surface area (Å²) in [5.41, 5.74) is 8.46. The second-order valence-corrected chi connectivity index (χ2v) is 8.08. The topological polar surface area (TPSA) is 17.3 Å². The molecule has 2 nitrogen and oxygen atoms in total. The number of benzene rings is 4. The van der Waals surface area contributed by atoms with Crippen LogP contribution in [0.1, 0.15) is 0 Å². The van der Waals surface area contributed by atoms with Gasteiger partial charge in [-0.05, 0) is 47.5 Å². The highest BCUT2D eigenvalue weighted by atomic mass is 14.9. The number of pyridine rings is 1. The number of hydrogen-bond acceptors (Lipinski definition) is 1. The molecule has 0 spiro atoms. The Balaban J connectivity index is 1.56. The molecule has 0 saturated carbocycles. The van der Waals surface area contributed by atoms with Gasteiger partial charge in [0.1, 0.15) is 0 Å². The normalized spacial score (nSPS) is 11.9. The van der Waals surface area contributed by atoms with Crippen LogP contribution < -0.4 is 0 Å². The van der Waals surface area contributed by atoms with Crippen molar-refractivity contribution in [3.05, 3.63) is 109 Å². The largest absolute Gasteiger partial charge is 0.308 e. The summed E-state index contributed by atoms with van der Waals surface area (Å²) in [6.45, 7) is 0. The number of para-hydroxylation sites is 1. The molecular weight excluding hydrogens is 376 g/mol. The van der Waals surface area contributed by atoms with Crippen LogP contribution in [0.25, 0.3) is 60.5 Å². The quantitative estimate of drug-likeness (QED) is 0.296.